The average Bonchev–Trinajstić information content (AvgIpc) is 2.96. The Hall–Kier alpha value is -3.85. The molecule has 2 amide bonds. The van der Waals surface area contributed by atoms with E-state index >= 15 is 0 Å². The SMILES string of the molecule is CC[C@@H](C(=O)NCC(C)C)N(Cc1cccc(OC)c1)C(=O)CN(c1cc(C)ccc1C)S(=O)(=O)c1ccccc1. The summed E-state index contributed by atoms with van der Waals surface area (Å²) in [5, 5.41) is 2.95. The maximum atomic E-state index is 14.2. The fourth-order valence-corrected chi connectivity index (χ4v) is 6.02. The van der Waals surface area contributed by atoms with E-state index in [0.29, 0.717) is 30.0 Å². The fraction of sp³-hybridized carbons (Fsp3) is 0.375. The Balaban J connectivity index is 2.09. The first-order valence-corrected chi connectivity index (χ1v) is 15.3. The van der Waals surface area contributed by atoms with Crippen LogP contribution >= 0.6 is 0 Å². The van der Waals surface area contributed by atoms with Crippen LogP contribution in [0.5, 0.6) is 5.75 Å². The van der Waals surface area contributed by atoms with Crippen molar-refractivity contribution in [2.75, 3.05) is 24.5 Å². The average molecular weight is 580 g/mol. The minimum absolute atomic E-state index is 0.0785. The maximum absolute atomic E-state index is 14.2. The molecule has 0 unspecified atom stereocenters. The Morgan fingerprint density at radius 1 is 0.951 bits per heavy atom. The standard InChI is InChI=1S/C32H41N3O5S/c1-7-29(32(37)33-20-23(2)3)34(21-26-12-11-13-27(19-26)40-6)31(36)22-35(30-18-24(4)16-17-25(30)5)41(38,39)28-14-9-8-10-15-28/h8-19,23,29H,7,20-22H2,1-6H3,(H,33,37)/t29-/m0/s1. The molecule has 0 aliphatic rings. The van der Waals surface area contributed by atoms with E-state index in [1.165, 1.54) is 17.0 Å². The molecule has 0 radical (unpaired) electrons. The zero-order valence-corrected chi connectivity index (χ0v) is 25.6. The van der Waals surface area contributed by atoms with Crippen molar-refractivity contribution < 1.29 is 22.7 Å². The molecule has 1 atom stereocenters. The molecule has 41 heavy (non-hydrogen) atoms. The van der Waals surface area contributed by atoms with Crippen molar-refractivity contribution >= 4 is 27.5 Å². The maximum Gasteiger partial charge on any atom is 0.264 e. The summed E-state index contributed by atoms with van der Waals surface area (Å²) in [4.78, 5) is 29.1. The van der Waals surface area contributed by atoms with Crippen molar-refractivity contribution in [3.05, 3.63) is 89.5 Å². The van der Waals surface area contributed by atoms with E-state index in [1.807, 2.05) is 65.0 Å². The number of benzene rings is 3. The predicted molar refractivity (Wildman–Crippen MR) is 162 cm³/mol. The van der Waals surface area contributed by atoms with Gasteiger partial charge in [0, 0.05) is 13.1 Å². The quantitative estimate of drug-likeness (QED) is 0.305. The van der Waals surface area contributed by atoms with E-state index in [1.54, 1.807) is 37.4 Å². The van der Waals surface area contributed by atoms with Gasteiger partial charge in [0.05, 0.1) is 17.7 Å². The molecular formula is C32H41N3O5S. The van der Waals surface area contributed by atoms with Crippen LogP contribution in [0.15, 0.2) is 77.7 Å². The van der Waals surface area contributed by atoms with Gasteiger partial charge in [-0.1, -0.05) is 63.2 Å². The first-order chi connectivity index (χ1) is 19.5. The molecule has 0 aromatic heterocycles. The summed E-state index contributed by atoms with van der Waals surface area (Å²) in [5.74, 6) is 0.0899. The lowest BCUT2D eigenvalue weighted by Crippen LogP contribution is -2.52. The fourth-order valence-electron chi connectivity index (χ4n) is 4.53. The largest absolute Gasteiger partial charge is 0.497 e. The minimum atomic E-state index is -4.11. The summed E-state index contributed by atoms with van der Waals surface area (Å²) in [6, 6.07) is 20.1. The Morgan fingerprint density at radius 3 is 2.29 bits per heavy atom. The lowest BCUT2D eigenvalue weighted by atomic mass is 10.1. The molecule has 0 heterocycles. The molecule has 0 bridgehead atoms. The summed E-state index contributed by atoms with van der Waals surface area (Å²) in [7, 11) is -2.55. The van der Waals surface area contributed by atoms with Gasteiger partial charge >= 0.3 is 0 Å². The van der Waals surface area contributed by atoms with Gasteiger partial charge in [0.25, 0.3) is 10.0 Å². The monoisotopic (exact) mass is 579 g/mol. The number of nitrogens with zero attached hydrogens (tertiary/aromatic N) is 2. The molecule has 9 heteroatoms. The number of aryl methyl sites for hydroxylation is 2. The van der Waals surface area contributed by atoms with Gasteiger partial charge in [-0.15, -0.1) is 0 Å². The molecule has 1 N–H and O–H groups in total. The number of ether oxygens (including phenoxy) is 1. The van der Waals surface area contributed by atoms with Gasteiger partial charge < -0.3 is 15.0 Å². The van der Waals surface area contributed by atoms with Crippen molar-refractivity contribution in [1.29, 1.82) is 0 Å². The molecule has 0 saturated carbocycles. The number of amides is 2. The van der Waals surface area contributed by atoms with E-state index in [2.05, 4.69) is 5.32 Å². The van der Waals surface area contributed by atoms with E-state index in [9.17, 15) is 18.0 Å². The first kappa shape index (κ1) is 31.7. The molecule has 8 nitrogen and oxygen atoms in total. The van der Waals surface area contributed by atoms with Gasteiger partial charge in [-0.05, 0) is 73.2 Å². The molecule has 3 aromatic rings. The third-order valence-corrected chi connectivity index (χ3v) is 8.57. The van der Waals surface area contributed by atoms with Crippen LogP contribution in [0, 0.1) is 19.8 Å². The third kappa shape index (κ3) is 8.10. The van der Waals surface area contributed by atoms with E-state index in [4.69, 9.17) is 4.74 Å². The van der Waals surface area contributed by atoms with Gasteiger partial charge in [0.1, 0.15) is 18.3 Å². The van der Waals surface area contributed by atoms with E-state index in [-0.39, 0.29) is 23.3 Å². The van der Waals surface area contributed by atoms with Crippen molar-refractivity contribution in [1.82, 2.24) is 10.2 Å². The summed E-state index contributed by atoms with van der Waals surface area (Å²) in [6.45, 7) is 9.62. The Labute approximate surface area is 244 Å². The number of rotatable bonds is 13. The molecule has 3 rings (SSSR count). The molecule has 0 aliphatic heterocycles. The van der Waals surface area contributed by atoms with Crippen LogP contribution in [0.3, 0.4) is 0 Å². The van der Waals surface area contributed by atoms with Crippen LogP contribution in [0.25, 0.3) is 0 Å². The number of nitrogens with one attached hydrogen (secondary N) is 1. The van der Waals surface area contributed by atoms with Crippen molar-refractivity contribution in [2.24, 2.45) is 5.92 Å². The zero-order chi connectivity index (χ0) is 30.2. The highest BCUT2D eigenvalue weighted by Gasteiger charge is 2.34. The molecule has 0 fully saturated rings. The van der Waals surface area contributed by atoms with E-state index in [0.717, 1.165) is 15.4 Å². The summed E-state index contributed by atoms with van der Waals surface area (Å²) in [5.41, 5.74) is 2.75. The summed E-state index contributed by atoms with van der Waals surface area (Å²) >= 11 is 0. The minimum Gasteiger partial charge on any atom is -0.497 e. The van der Waals surface area contributed by atoms with Gasteiger partial charge in [0.15, 0.2) is 0 Å². The van der Waals surface area contributed by atoms with E-state index < -0.39 is 28.5 Å². The molecule has 3 aromatic carbocycles. The number of hydrogen-bond acceptors (Lipinski definition) is 5. The third-order valence-electron chi connectivity index (χ3n) is 6.80. The highest BCUT2D eigenvalue weighted by atomic mass is 32.2. The van der Waals surface area contributed by atoms with Crippen molar-refractivity contribution in [2.45, 2.75) is 58.5 Å². The highest BCUT2D eigenvalue weighted by molar-refractivity contribution is 7.92. The zero-order valence-electron chi connectivity index (χ0n) is 24.8. The van der Waals surface area contributed by atoms with Gasteiger partial charge in [0.2, 0.25) is 11.8 Å². The topological polar surface area (TPSA) is 96.0 Å². The molecule has 0 saturated heterocycles. The predicted octanol–water partition coefficient (Wildman–Crippen LogP) is 5.09. The number of hydrogen-bond donors (Lipinski definition) is 1. The Bertz CT molecular complexity index is 1440. The van der Waals surface area contributed by atoms with Crippen molar-refractivity contribution in [3.63, 3.8) is 0 Å². The first-order valence-electron chi connectivity index (χ1n) is 13.8. The number of anilines is 1. The van der Waals surface area contributed by atoms with Crippen LogP contribution < -0.4 is 14.4 Å². The Kier molecular flexibility index (Phi) is 10.9. The Morgan fingerprint density at radius 2 is 1.66 bits per heavy atom. The second-order valence-corrected chi connectivity index (χ2v) is 12.4. The second-order valence-electron chi connectivity index (χ2n) is 10.6. The number of carbonyl (C=O) groups is 2. The van der Waals surface area contributed by atoms with Crippen LogP contribution in [-0.4, -0.2) is 51.4 Å². The van der Waals surface area contributed by atoms with Crippen LogP contribution in [-0.2, 0) is 26.2 Å². The highest BCUT2D eigenvalue weighted by Crippen LogP contribution is 2.29. The van der Waals surface area contributed by atoms with Gasteiger partial charge in [-0.3, -0.25) is 13.9 Å². The summed E-state index contributed by atoms with van der Waals surface area (Å²) in [6.07, 6.45) is 0.356. The summed E-state index contributed by atoms with van der Waals surface area (Å²) < 4.78 is 34.5. The smallest absolute Gasteiger partial charge is 0.264 e. The van der Waals surface area contributed by atoms with Crippen LogP contribution in [0.2, 0.25) is 0 Å². The lowest BCUT2D eigenvalue weighted by molar-refractivity contribution is -0.140. The van der Waals surface area contributed by atoms with Crippen molar-refractivity contribution in [3.8, 4) is 5.75 Å². The lowest BCUT2D eigenvalue weighted by Gasteiger charge is -2.33. The molecule has 0 aliphatic carbocycles. The number of carbonyl (C=O) groups excluding carboxylic acids is 2. The normalized spacial score (nSPS) is 12.1. The molecular weight excluding hydrogens is 538 g/mol. The number of methoxy groups -OCH3 is 1. The second kappa shape index (κ2) is 14.2. The van der Waals surface area contributed by atoms with Gasteiger partial charge in [-0.25, -0.2) is 8.42 Å². The number of sulfonamides is 1. The molecule has 0 spiro atoms. The molecule has 220 valence electrons. The van der Waals surface area contributed by atoms with Crippen LogP contribution in [0.1, 0.15) is 43.9 Å². The van der Waals surface area contributed by atoms with Gasteiger partial charge in [-0.2, -0.15) is 0 Å². The van der Waals surface area contributed by atoms with Crippen LogP contribution in [0.4, 0.5) is 5.69 Å².